The van der Waals surface area contributed by atoms with Crippen LogP contribution in [0.4, 0.5) is 0 Å². The maximum Gasteiger partial charge on any atom is 0.212 e. The Hall–Kier alpha value is -0.600. The molecule has 0 aromatic rings. The van der Waals surface area contributed by atoms with Crippen molar-refractivity contribution in [1.82, 2.24) is 4.72 Å². The van der Waals surface area contributed by atoms with Crippen LogP contribution in [0.15, 0.2) is 0 Å². The van der Waals surface area contributed by atoms with Gasteiger partial charge in [0.25, 0.3) is 0 Å². The summed E-state index contributed by atoms with van der Waals surface area (Å²) in [6, 6.07) is 2.06. The highest BCUT2D eigenvalue weighted by Crippen LogP contribution is 2.27. The van der Waals surface area contributed by atoms with Crippen molar-refractivity contribution in [3.63, 3.8) is 0 Å². The zero-order chi connectivity index (χ0) is 13.0. The molecule has 2 unspecified atom stereocenters. The van der Waals surface area contributed by atoms with Crippen molar-refractivity contribution in [3.05, 3.63) is 0 Å². The van der Waals surface area contributed by atoms with Crippen molar-refractivity contribution >= 4 is 10.0 Å². The molecule has 2 atom stereocenters. The molecule has 0 spiro atoms. The van der Waals surface area contributed by atoms with Gasteiger partial charge in [-0.15, -0.1) is 0 Å². The average Bonchev–Trinajstić information content (AvgIpc) is 2.76. The minimum atomic E-state index is -3.21. The Labute approximate surface area is 110 Å². The molecule has 0 heterocycles. The van der Waals surface area contributed by atoms with Crippen LogP contribution in [0.5, 0.6) is 0 Å². The van der Waals surface area contributed by atoms with Gasteiger partial charge in [0.2, 0.25) is 10.0 Å². The van der Waals surface area contributed by atoms with Gasteiger partial charge in [0.1, 0.15) is 0 Å². The summed E-state index contributed by atoms with van der Waals surface area (Å²) in [5.74, 6) is 0.436. The Morgan fingerprint density at radius 1 is 1.06 bits per heavy atom. The van der Waals surface area contributed by atoms with Gasteiger partial charge in [-0.25, -0.2) is 13.1 Å². The van der Waals surface area contributed by atoms with Gasteiger partial charge in [0, 0.05) is 6.04 Å². The van der Waals surface area contributed by atoms with Crippen LogP contribution in [0.2, 0.25) is 0 Å². The van der Waals surface area contributed by atoms with Crippen LogP contribution in [0.25, 0.3) is 0 Å². The number of sulfonamides is 1. The van der Waals surface area contributed by atoms with E-state index in [1.165, 1.54) is 6.42 Å². The highest BCUT2D eigenvalue weighted by Gasteiger charge is 2.31. The molecular formula is C13H22N2O2S. The molecule has 0 radical (unpaired) electrons. The van der Waals surface area contributed by atoms with Gasteiger partial charge in [-0.05, 0) is 31.6 Å². The lowest BCUT2D eigenvalue weighted by atomic mass is 9.91. The third-order valence-electron chi connectivity index (χ3n) is 4.19. The first-order valence-corrected chi connectivity index (χ1v) is 8.65. The number of nitrogens with one attached hydrogen (secondary N) is 1. The van der Waals surface area contributed by atoms with Crippen molar-refractivity contribution < 1.29 is 8.42 Å². The van der Waals surface area contributed by atoms with Crippen LogP contribution in [-0.2, 0) is 10.0 Å². The van der Waals surface area contributed by atoms with Crippen LogP contribution >= 0.6 is 0 Å². The van der Waals surface area contributed by atoms with E-state index < -0.39 is 10.0 Å². The Morgan fingerprint density at radius 2 is 1.78 bits per heavy atom. The third kappa shape index (κ3) is 3.69. The fraction of sp³-hybridized carbons (Fsp3) is 0.923. The van der Waals surface area contributed by atoms with Crippen molar-refractivity contribution in [1.29, 1.82) is 5.26 Å². The average molecular weight is 270 g/mol. The van der Waals surface area contributed by atoms with Gasteiger partial charge in [0.15, 0.2) is 0 Å². The van der Waals surface area contributed by atoms with E-state index in [9.17, 15) is 8.42 Å². The molecule has 2 saturated carbocycles. The maximum atomic E-state index is 12.1. The Bertz CT molecular complexity index is 407. The van der Waals surface area contributed by atoms with Crippen molar-refractivity contribution in [2.45, 2.75) is 57.4 Å². The normalized spacial score (nSPS) is 30.2. The van der Waals surface area contributed by atoms with E-state index in [1.807, 2.05) is 0 Å². The van der Waals surface area contributed by atoms with Crippen LogP contribution in [0, 0.1) is 23.2 Å². The van der Waals surface area contributed by atoms with E-state index in [2.05, 4.69) is 10.8 Å². The van der Waals surface area contributed by atoms with Crippen molar-refractivity contribution in [2.75, 3.05) is 5.75 Å². The molecule has 102 valence electrons. The van der Waals surface area contributed by atoms with E-state index in [4.69, 9.17) is 5.26 Å². The van der Waals surface area contributed by atoms with Gasteiger partial charge in [-0.1, -0.05) is 25.7 Å². The molecule has 0 saturated heterocycles. The molecule has 18 heavy (non-hydrogen) atoms. The minimum absolute atomic E-state index is 0.133. The van der Waals surface area contributed by atoms with Crippen LogP contribution in [-0.4, -0.2) is 20.2 Å². The summed E-state index contributed by atoms with van der Waals surface area (Å²) in [5.41, 5.74) is 0. The third-order valence-corrected chi connectivity index (χ3v) is 5.76. The van der Waals surface area contributed by atoms with Crippen molar-refractivity contribution in [2.24, 2.45) is 11.8 Å². The Kier molecular flexibility index (Phi) is 4.63. The SMILES string of the molecule is N#CC1CCCC1NS(=O)(=O)CC1CCCCC1. The summed E-state index contributed by atoms with van der Waals surface area (Å²) < 4.78 is 26.9. The lowest BCUT2D eigenvalue weighted by Gasteiger charge is -2.23. The summed E-state index contributed by atoms with van der Waals surface area (Å²) >= 11 is 0. The molecule has 2 aliphatic rings. The smallest absolute Gasteiger partial charge is 0.212 e. The van der Waals surface area contributed by atoms with Gasteiger partial charge < -0.3 is 0 Å². The van der Waals surface area contributed by atoms with Crippen LogP contribution in [0.3, 0.4) is 0 Å². The standard InChI is InChI=1S/C13H22N2O2S/c14-9-12-7-4-8-13(12)15-18(16,17)10-11-5-2-1-3-6-11/h11-13,15H,1-8,10H2. The van der Waals surface area contributed by atoms with E-state index in [-0.39, 0.29) is 17.7 Å². The first-order valence-electron chi connectivity index (χ1n) is 7.00. The molecule has 5 heteroatoms. The molecule has 2 fully saturated rings. The monoisotopic (exact) mass is 270 g/mol. The second-order valence-corrected chi connectivity index (χ2v) is 7.47. The number of nitrogens with zero attached hydrogens (tertiary/aromatic N) is 1. The van der Waals surface area contributed by atoms with E-state index in [0.29, 0.717) is 5.92 Å². The molecule has 2 aliphatic carbocycles. The predicted octanol–water partition coefficient (Wildman–Crippen LogP) is 2.18. The maximum absolute atomic E-state index is 12.1. The highest BCUT2D eigenvalue weighted by molar-refractivity contribution is 7.89. The van der Waals surface area contributed by atoms with Gasteiger partial charge >= 0.3 is 0 Å². The molecule has 0 amide bonds. The zero-order valence-corrected chi connectivity index (χ0v) is 11.6. The van der Waals surface area contributed by atoms with Gasteiger partial charge in [-0.3, -0.25) is 0 Å². The molecule has 0 aromatic heterocycles. The second kappa shape index (κ2) is 6.03. The second-order valence-electron chi connectivity index (χ2n) is 5.68. The summed E-state index contributed by atoms with van der Waals surface area (Å²) in [6.45, 7) is 0. The number of hydrogen-bond donors (Lipinski definition) is 1. The largest absolute Gasteiger partial charge is 0.212 e. The Balaban J connectivity index is 1.88. The zero-order valence-electron chi connectivity index (χ0n) is 10.8. The summed E-state index contributed by atoms with van der Waals surface area (Å²) in [6.07, 6.45) is 8.21. The minimum Gasteiger partial charge on any atom is -0.212 e. The van der Waals surface area contributed by atoms with Gasteiger partial charge in [-0.2, -0.15) is 5.26 Å². The van der Waals surface area contributed by atoms with Crippen molar-refractivity contribution in [3.8, 4) is 6.07 Å². The Morgan fingerprint density at radius 3 is 2.44 bits per heavy atom. The molecule has 0 aliphatic heterocycles. The first kappa shape index (κ1) is 13.8. The van der Waals surface area contributed by atoms with Gasteiger partial charge in [0.05, 0.1) is 17.7 Å². The molecule has 0 bridgehead atoms. The molecule has 4 nitrogen and oxygen atoms in total. The topological polar surface area (TPSA) is 70.0 Å². The lowest BCUT2D eigenvalue weighted by molar-refractivity contribution is 0.382. The molecular weight excluding hydrogens is 248 g/mol. The van der Waals surface area contributed by atoms with E-state index in [0.717, 1.165) is 44.9 Å². The number of nitriles is 1. The quantitative estimate of drug-likeness (QED) is 0.851. The van der Waals surface area contributed by atoms with Crippen LogP contribution in [0.1, 0.15) is 51.4 Å². The number of rotatable bonds is 4. The molecule has 1 N–H and O–H groups in total. The molecule has 0 aromatic carbocycles. The number of hydrogen-bond acceptors (Lipinski definition) is 3. The van der Waals surface area contributed by atoms with E-state index in [1.54, 1.807) is 0 Å². The summed E-state index contributed by atoms with van der Waals surface area (Å²) in [7, 11) is -3.21. The fourth-order valence-corrected chi connectivity index (χ4v) is 4.99. The van der Waals surface area contributed by atoms with E-state index >= 15 is 0 Å². The first-order chi connectivity index (χ1) is 8.61. The summed E-state index contributed by atoms with van der Waals surface area (Å²) in [5, 5.41) is 8.97. The fourth-order valence-electron chi connectivity index (χ4n) is 3.20. The molecule has 2 rings (SSSR count). The lowest BCUT2D eigenvalue weighted by Crippen LogP contribution is -2.40. The summed E-state index contributed by atoms with van der Waals surface area (Å²) in [4.78, 5) is 0. The van der Waals surface area contributed by atoms with Crippen LogP contribution < -0.4 is 4.72 Å². The highest BCUT2D eigenvalue weighted by atomic mass is 32.2. The predicted molar refractivity (Wildman–Crippen MR) is 70.2 cm³/mol.